The first kappa shape index (κ1) is 22.6. The number of carbonyl (C=O) groups is 2. The number of ether oxygens (including phenoxy) is 3. The Balaban J connectivity index is 2.01. The molecule has 0 radical (unpaired) electrons. The lowest BCUT2D eigenvalue weighted by molar-refractivity contribution is -0.136. The van der Waals surface area contributed by atoms with Gasteiger partial charge in [-0.2, -0.15) is 0 Å². The normalized spacial score (nSPS) is 16.2. The van der Waals surface area contributed by atoms with Crippen LogP contribution in [0.1, 0.15) is 32.3 Å². The summed E-state index contributed by atoms with van der Waals surface area (Å²) in [6.07, 6.45) is 1.65. The van der Waals surface area contributed by atoms with Crippen LogP contribution in [0.4, 0.5) is 4.79 Å². The summed E-state index contributed by atoms with van der Waals surface area (Å²) in [5.41, 5.74) is 0.834. The molecule has 1 heterocycles. The van der Waals surface area contributed by atoms with Gasteiger partial charge in [-0.05, 0) is 44.4 Å². The minimum atomic E-state index is -0.171. The number of hydrogen-bond donors (Lipinski definition) is 1. The first-order valence-electron chi connectivity index (χ1n) is 10.1. The van der Waals surface area contributed by atoms with Gasteiger partial charge in [-0.3, -0.25) is 4.79 Å². The smallest absolute Gasteiger partial charge is 0.317 e. The molecule has 1 aromatic rings. The largest absolute Gasteiger partial charge is 0.493 e. The molecule has 8 heteroatoms. The fourth-order valence-electron chi connectivity index (χ4n) is 3.68. The lowest BCUT2D eigenvalue weighted by atomic mass is 9.96. The molecule has 1 unspecified atom stereocenters. The summed E-state index contributed by atoms with van der Waals surface area (Å²) >= 11 is 0. The van der Waals surface area contributed by atoms with E-state index in [1.54, 1.807) is 26.2 Å². The number of nitrogens with one attached hydrogen (secondary N) is 1. The van der Waals surface area contributed by atoms with Crippen molar-refractivity contribution in [3.8, 4) is 17.2 Å². The van der Waals surface area contributed by atoms with Crippen LogP contribution < -0.4 is 19.5 Å². The molecule has 1 aliphatic heterocycles. The van der Waals surface area contributed by atoms with Crippen LogP contribution in [-0.4, -0.2) is 69.2 Å². The SMILES string of the molecule is CCN(CC)C(=O)C1CCCN(C(=O)NCc2cc(OC)c(OC)c(OC)c2)C1. The molecule has 0 spiro atoms. The summed E-state index contributed by atoms with van der Waals surface area (Å²) in [5.74, 6) is 1.60. The minimum Gasteiger partial charge on any atom is -0.493 e. The van der Waals surface area contributed by atoms with E-state index in [9.17, 15) is 9.59 Å². The summed E-state index contributed by atoms with van der Waals surface area (Å²) in [4.78, 5) is 28.9. The quantitative estimate of drug-likeness (QED) is 0.716. The number of piperidine rings is 1. The van der Waals surface area contributed by atoms with Crippen molar-refractivity contribution in [2.24, 2.45) is 5.92 Å². The fraction of sp³-hybridized carbons (Fsp3) is 0.619. The summed E-state index contributed by atoms with van der Waals surface area (Å²) in [7, 11) is 4.66. The van der Waals surface area contributed by atoms with Crippen molar-refractivity contribution < 1.29 is 23.8 Å². The van der Waals surface area contributed by atoms with E-state index in [0.717, 1.165) is 18.4 Å². The molecule has 0 saturated carbocycles. The monoisotopic (exact) mass is 407 g/mol. The van der Waals surface area contributed by atoms with Crippen LogP contribution in [-0.2, 0) is 11.3 Å². The lowest BCUT2D eigenvalue weighted by Crippen LogP contribution is -2.49. The molecule has 3 amide bonds. The summed E-state index contributed by atoms with van der Waals surface area (Å²) in [6.45, 7) is 6.77. The Morgan fingerprint density at radius 2 is 1.72 bits per heavy atom. The maximum absolute atomic E-state index is 12.7. The lowest BCUT2D eigenvalue weighted by Gasteiger charge is -2.34. The van der Waals surface area contributed by atoms with Gasteiger partial charge in [0.15, 0.2) is 11.5 Å². The third kappa shape index (κ3) is 5.46. The highest BCUT2D eigenvalue weighted by Crippen LogP contribution is 2.38. The third-order valence-corrected chi connectivity index (χ3v) is 5.30. The highest BCUT2D eigenvalue weighted by molar-refractivity contribution is 5.81. The summed E-state index contributed by atoms with van der Waals surface area (Å²) in [6, 6.07) is 3.45. The number of amides is 3. The Hall–Kier alpha value is -2.64. The highest BCUT2D eigenvalue weighted by atomic mass is 16.5. The van der Waals surface area contributed by atoms with Crippen molar-refractivity contribution in [1.82, 2.24) is 15.1 Å². The van der Waals surface area contributed by atoms with Gasteiger partial charge in [-0.25, -0.2) is 4.79 Å². The average Bonchev–Trinajstić information content (AvgIpc) is 2.77. The zero-order valence-electron chi connectivity index (χ0n) is 18.1. The molecule has 2 rings (SSSR count). The van der Waals surface area contributed by atoms with Crippen molar-refractivity contribution in [3.05, 3.63) is 17.7 Å². The number of rotatable bonds is 8. The summed E-state index contributed by atoms with van der Waals surface area (Å²) < 4.78 is 16.0. The van der Waals surface area contributed by atoms with Crippen molar-refractivity contribution in [3.63, 3.8) is 0 Å². The van der Waals surface area contributed by atoms with E-state index < -0.39 is 0 Å². The Morgan fingerprint density at radius 1 is 1.10 bits per heavy atom. The zero-order valence-corrected chi connectivity index (χ0v) is 18.1. The number of likely N-dealkylation sites (tertiary alicyclic amines) is 1. The van der Waals surface area contributed by atoms with E-state index in [1.807, 2.05) is 30.9 Å². The second-order valence-corrected chi connectivity index (χ2v) is 6.99. The van der Waals surface area contributed by atoms with Gasteiger partial charge in [-0.15, -0.1) is 0 Å². The van der Waals surface area contributed by atoms with Crippen LogP contribution in [0, 0.1) is 5.92 Å². The van der Waals surface area contributed by atoms with E-state index in [-0.39, 0.29) is 17.9 Å². The molecule has 162 valence electrons. The van der Waals surface area contributed by atoms with E-state index >= 15 is 0 Å². The van der Waals surface area contributed by atoms with Gasteiger partial charge >= 0.3 is 6.03 Å². The molecule has 1 aliphatic rings. The molecular weight excluding hydrogens is 374 g/mol. The number of carbonyl (C=O) groups excluding carboxylic acids is 2. The molecular formula is C21H33N3O5. The molecule has 1 N–H and O–H groups in total. The van der Waals surface area contributed by atoms with E-state index in [4.69, 9.17) is 14.2 Å². The zero-order chi connectivity index (χ0) is 21.4. The van der Waals surface area contributed by atoms with Gasteiger partial charge < -0.3 is 29.3 Å². The number of nitrogens with zero attached hydrogens (tertiary/aromatic N) is 2. The molecule has 1 atom stereocenters. The van der Waals surface area contributed by atoms with E-state index in [0.29, 0.717) is 50.0 Å². The van der Waals surface area contributed by atoms with Crippen molar-refractivity contribution >= 4 is 11.9 Å². The first-order chi connectivity index (χ1) is 14.0. The molecule has 1 saturated heterocycles. The van der Waals surface area contributed by atoms with Gasteiger partial charge in [-0.1, -0.05) is 0 Å². The van der Waals surface area contributed by atoms with Crippen LogP contribution in [0.2, 0.25) is 0 Å². The molecule has 8 nitrogen and oxygen atoms in total. The van der Waals surface area contributed by atoms with Crippen LogP contribution in [0.15, 0.2) is 12.1 Å². The molecule has 1 fully saturated rings. The van der Waals surface area contributed by atoms with E-state index in [2.05, 4.69) is 5.32 Å². The second-order valence-electron chi connectivity index (χ2n) is 6.99. The Morgan fingerprint density at radius 3 is 2.24 bits per heavy atom. The van der Waals surface area contributed by atoms with Gasteiger partial charge in [0.2, 0.25) is 11.7 Å². The topological polar surface area (TPSA) is 80.3 Å². The van der Waals surface area contributed by atoms with Crippen molar-refractivity contribution in [2.75, 3.05) is 47.5 Å². The maximum atomic E-state index is 12.7. The standard InChI is InChI=1S/C21H33N3O5/c1-6-23(7-2)20(25)16-9-8-10-24(14-16)21(26)22-13-15-11-17(27-3)19(29-5)18(12-15)28-4/h11-12,16H,6-10,13-14H2,1-5H3,(H,22,26). The van der Waals surface area contributed by atoms with Gasteiger partial charge in [0.05, 0.1) is 27.2 Å². The third-order valence-electron chi connectivity index (χ3n) is 5.30. The molecule has 0 bridgehead atoms. The highest BCUT2D eigenvalue weighted by Gasteiger charge is 2.30. The predicted molar refractivity (Wildman–Crippen MR) is 111 cm³/mol. The molecule has 0 aromatic heterocycles. The fourth-order valence-corrected chi connectivity index (χ4v) is 3.68. The van der Waals surface area contributed by atoms with Gasteiger partial charge in [0.25, 0.3) is 0 Å². The molecule has 1 aromatic carbocycles. The average molecular weight is 408 g/mol. The van der Waals surface area contributed by atoms with Crippen LogP contribution in [0.5, 0.6) is 17.2 Å². The number of urea groups is 1. The minimum absolute atomic E-state index is 0.129. The maximum Gasteiger partial charge on any atom is 0.317 e. The Labute approximate surface area is 173 Å². The van der Waals surface area contributed by atoms with Crippen molar-refractivity contribution in [2.45, 2.75) is 33.2 Å². The van der Waals surface area contributed by atoms with Crippen LogP contribution in [0.25, 0.3) is 0 Å². The van der Waals surface area contributed by atoms with Crippen LogP contribution in [0.3, 0.4) is 0 Å². The number of hydrogen-bond acceptors (Lipinski definition) is 5. The number of methoxy groups -OCH3 is 3. The Kier molecular flexibility index (Phi) is 8.42. The first-order valence-corrected chi connectivity index (χ1v) is 10.1. The van der Waals surface area contributed by atoms with E-state index in [1.165, 1.54) is 0 Å². The molecule has 0 aliphatic carbocycles. The molecule has 29 heavy (non-hydrogen) atoms. The summed E-state index contributed by atoms with van der Waals surface area (Å²) in [5, 5.41) is 2.94. The van der Waals surface area contributed by atoms with Crippen molar-refractivity contribution in [1.29, 1.82) is 0 Å². The van der Waals surface area contributed by atoms with Gasteiger partial charge in [0.1, 0.15) is 0 Å². The van der Waals surface area contributed by atoms with Gasteiger partial charge in [0, 0.05) is 32.7 Å². The number of benzene rings is 1. The Bertz CT molecular complexity index is 681. The predicted octanol–water partition coefficient (Wildman–Crippen LogP) is 2.50. The second kappa shape index (κ2) is 10.8. The van der Waals surface area contributed by atoms with Crippen LogP contribution >= 0.6 is 0 Å².